The molecule has 2 rings (SSSR count). The van der Waals surface area contributed by atoms with Crippen LogP contribution in [0.1, 0.15) is 44.6 Å². The van der Waals surface area contributed by atoms with Gasteiger partial charge in [0.25, 0.3) is 0 Å². The smallest absolute Gasteiger partial charge is 0.134 e. The standard InChI is InChI=1S/C15H21NO/c1-5-11-12-8-10(15(2,3)4)6-7-13(12)17-14(11)9-16/h6-8H,5,9,16H2,1-4H3. The van der Waals surface area contributed by atoms with Gasteiger partial charge in [-0.3, -0.25) is 0 Å². The van der Waals surface area contributed by atoms with E-state index in [4.69, 9.17) is 10.2 Å². The van der Waals surface area contributed by atoms with Crippen LogP contribution in [0.3, 0.4) is 0 Å². The van der Waals surface area contributed by atoms with Gasteiger partial charge in [-0.1, -0.05) is 33.8 Å². The van der Waals surface area contributed by atoms with Crippen LogP contribution in [0.2, 0.25) is 0 Å². The summed E-state index contributed by atoms with van der Waals surface area (Å²) in [6, 6.07) is 6.45. The maximum absolute atomic E-state index is 5.78. The van der Waals surface area contributed by atoms with Gasteiger partial charge in [-0.2, -0.15) is 0 Å². The highest BCUT2D eigenvalue weighted by molar-refractivity contribution is 5.83. The van der Waals surface area contributed by atoms with Crippen molar-refractivity contribution in [1.82, 2.24) is 0 Å². The Hall–Kier alpha value is -1.28. The van der Waals surface area contributed by atoms with E-state index >= 15 is 0 Å². The van der Waals surface area contributed by atoms with Crippen molar-refractivity contribution >= 4 is 11.0 Å². The van der Waals surface area contributed by atoms with Crippen LogP contribution in [-0.2, 0) is 18.4 Å². The van der Waals surface area contributed by atoms with Crippen LogP contribution in [0.25, 0.3) is 11.0 Å². The second-order valence-electron chi connectivity index (χ2n) is 5.52. The fourth-order valence-electron chi connectivity index (χ4n) is 2.22. The van der Waals surface area contributed by atoms with Gasteiger partial charge in [0.15, 0.2) is 0 Å². The van der Waals surface area contributed by atoms with Gasteiger partial charge < -0.3 is 10.2 Å². The summed E-state index contributed by atoms with van der Waals surface area (Å²) in [5.74, 6) is 0.925. The molecule has 0 radical (unpaired) electrons. The number of aryl methyl sites for hydroxylation is 1. The van der Waals surface area contributed by atoms with Crippen molar-refractivity contribution < 1.29 is 4.42 Å². The molecular weight excluding hydrogens is 210 g/mol. The molecule has 0 saturated heterocycles. The Morgan fingerprint density at radius 2 is 1.94 bits per heavy atom. The van der Waals surface area contributed by atoms with E-state index < -0.39 is 0 Å². The monoisotopic (exact) mass is 231 g/mol. The summed E-state index contributed by atoms with van der Waals surface area (Å²) in [6.07, 6.45) is 0.965. The maximum atomic E-state index is 5.78. The van der Waals surface area contributed by atoms with E-state index in [-0.39, 0.29) is 5.41 Å². The molecule has 0 saturated carbocycles. The average molecular weight is 231 g/mol. The molecule has 2 nitrogen and oxygen atoms in total. The highest BCUT2D eigenvalue weighted by Crippen LogP contribution is 2.31. The molecule has 1 heterocycles. The number of hydrogen-bond acceptors (Lipinski definition) is 2. The second-order valence-corrected chi connectivity index (χ2v) is 5.52. The first kappa shape index (κ1) is 12.2. The summed E-state index contributed by atoms with van der Waals surface area (Å²) in [7, 11) is 0. The largest absolute Gasteiger partial charge is 0.459 e. The number of rotatable bonds is 2. The third kappa shape index (κ3) is 2.09. The van der Waals surface area contributed by atoms with Crippen LogP contribution < -0.4 is 5.73 Å². The van der Waals surface area contributed by atoms with Gasteiger partial charge in [-0.15, -0.1) is 0 Å². The zero-order valence-electron chi connectivity index (χ0n) is 11.1. The van der Waals surface area contributed by atoms with Crippen molar-refractivity contribution in [3.8, 4) is 0 Å². The molecule has 2 aromatic rings. The highest BCUT2D eigenvalue weighted by atomic mass is 16.3. The summed E-state index contributed by atoms with van der Waals surface area (Å²) >= 11 is 0. The minimum absolute atomic E-state index is 0.166. The molecule has 17 heavy (non-hydrogen) atoms. The van der Waals surface area contributed by atoms with Crippen LogP contribution in [0, 0.1) is 0 Å². The molecule has 2 N–H and O–H groups in total. The Balaban J connectivity index is 2.67. The zero-order valence-corrected chi connectivity index (χ0v) is 11.1. The lowest BCUT2D eigenvalue weighted by Gasteiger charge is -2.18. The molecule has 0 aliphatic heterocycles. The minimum atomic E-state index is 0.166. The Morgan fingerprint density at radius 1 is 1.24 bits per heavy atom. The molecule has 0 spiro atoms. The van der Waals surface area contributed by atoms with Crippen molar-refractivity contribution in [2.75, 3.05) is 0 Å². The Labute approximate surface area is 103 Å². The van der Waals surface area contributed by atoms with Crippen molar-refractivity contribution in [3.63, 3.8) is 0 Å². The number of furan rings is 1. The Morgan fingerprint density at radius 3 is 2.47 bits per heavy atom. The van der Waals surface area contributed by atoms with E-state index in [1.165, 1.54) is 16.5 Å². The fraction of sp³-hybridized carbons (Fsp3) is 0.467. The van der Waals surface area contributed by atoms with E-state index in [1.807, 2.05) is 0 Å². The molecule has 0 fully saturated rings. The maximum Gasteiger partial charge on any atom is 0.134 e. The quantitative estimate of drug-likeness (QED) is 0.855. The van der Waals surface area contributed by atoms with Crippen molar-refractivity contribution in [2.45, 2.75) is 46.1 Å². The Kier molecular flexibility index (Phi) is 3.00. The first-order valence-electron chi connectivity index (χ1n) is 6.22. The third-order valence-corrected chi connectivity index (χ3v) is 3.28. The first-order chi connectivity index (χ1) is 7.97. The van der Waals surface area contributed by atoms with Gasteiger partial charge in [-0.25, -0.2) is 0 Å². The summed E-state index contributed by atoms with van der Waals surface area (Å²) in [6.45, 7) is 9.30. The number of hydrogen-bond donors (Lipinski definition) is 1. The summed E-state index contributed by atoms with van der Waals surface area (Å²) < 4.78 is 5.78. The van der Waals surface area contributed by atoms with Gasteiger partial charge >= 0.3 is 0 Å². The number of fused-ring (bicyclic) bond motifs is 1. The predicted octanol–water partition coefficient (Wildman–Crippen LogP) is 3.75. The molecule has 1 aromatic heterocycles. The minimum Gasteiger partial charge on any atom is -0.459 e. The lowest BCUT2D eigenvalue weighted by molar-refractivity contribution is 0.545. The average Bonchev–Trinajstić information content (AvgIpc) is 2.64. The van der Waals surface area contributed by atoms with Crippen LogP contribution >= 0.6 is 0 Å². The summed E-state index contributed by atoms with van der Waals surface area (Å²) in [5.41, 5.74) is 9.44. The lowest BCUT2D eigenvalue weighted by Crippen LogP contribution is -2.10. The fourth-order valence-corrected chi connectivity index (χ4v) is 2.22. The molecule has 2 heteroatoms. The summed E-state index contributed by atoms with van der Waals surface area (Å²) in [5, 5.41) is 1.22. The van der Waals surface area contributed by atoms with Gasteiger partial charge in [0.05, 0.1) is 6.54 Å². The SMILES string of the molecule is CCc1c(CN)oc2ccc(C(C)(C)C)cc12. The van der Waals surface area contributed by atoms with E-state index in [1.54, 1.807) is 0 Å². The van der Waals surface area contributed by atoms with Crippen LogP contribution in [-0.4, -0.2) is 0 Å². The lowest BCUT2D eigenvalue weighted by atomic mass is 9.86. The molecule has 92 valence electrons. The van der Waals surface area contributed by atoms with Crippen molar-refractivity contribution in [2.24, 2.45) is 5.73 Å². The molecule has 0 atom stereocenters. The van der Waals surface area contributed by atoms with E-state index in [9.17, 15) is 0 Å². The molecule has 0 aliphatic carbocycles. The summed E-state index contributed by atoms with van der Waals surface area (Å²) in [4.78, 5) is 0. The Bertz CT molecular complexity index is 532. The van der Waals surface area contributed by atoms with Gasteiger partial charge in [-0.05, 0) is 29.5 Å². The highest BCUT2D eigenvalue weighted by Gasteiger charge is 2.17. The molecule has 0 amide bonds. The van der Waals surface area contributed by atoms with Crippen molar-refractivity contribution in [3.05, 3.63) is 35.1 Å². The molecule has 0 unspecified atom stereocenters. The molecule has 1 aromatic carbocycles. The predicted molar refractivity (Wildman–Crippen MR) is 72.2 cm³/mol. The third-order valence-electron chi connectivity index (χ3n) is 3.28. The van der Waals surface area contributed by atoms with Crippen LogP contribution in [0.5, 0.6) is 0 Å². The number of benzene rings is 1. The molecular formula is C15H21NO. The molecule has 0 aliphatic rings. The van der Waals surface area contributed by atoms with Crippen LogP contribution in [0.4, 0.5) is 0 Å². The topological polar surface area (TPSA) is 39.2 Å². The van der Waals surface area contributed by atoms with E-state index in [0.29, 0.717) is 6.54 Å². The number of nitrogens with two attached hydrogens (primary N) is 1. The van der Waals surface area contributed by atoms with Crippen molar-refractivity contribution in [1.29, 1.82) is 0 Å². The second kappa shape index (κ2) is 4.19. The van der Waals surface area contributed by atoms with Gasteiger partial charge in [0, 0.05) is 10.9 Å². The van der Waals surface area contributed by atoms with Crippen LogP contribution in [0.15, 0.2) is 22.6 Å². The van der Waals surface area contributed by atoms with E-state index in [2.05, 4.69) is 45.9 Å². The normalized spacial score (nSPS) is 12.3. The molecule has 0 bridgehead atoms. The van der Waals surface area contributed by atoms with E-state index in [0.717, 1.165) is 17.8 Å². The van der Waals surface area contributed by atoms with Gasteiger partial charge in [0.2, 0.25) is 0 Å². The zero-order chi connectivity index (χ0) is 12.6. The first-order valence-corrected chi connectivity index (χ1v) is 6.22. The van der Waals surface area contributed by atoms with Gasteiger partial charge in [0.1, 0.15) is 11.3 Å².